The first-order chi connectivity index (χ1) is 12.4. The van der Waals surface area contributed by atoms with E-state index in [0.717, 1.165) is 32.1 Å². The van der Waals surface area contributed by atoms with Gasteiger partial charge in [-0.1, -0.05) is 62.6 Å². The molecule has 1 fully saturated rings. The molecule has 0 spiro atoms. The summed E-state index contributed by atoms with van der Waals surface area (Å²) in [5.41, 5.74) is 1.24. The van der Waals surface area contributed by atoms with Crippen molar-refractivity contribution in [2.24, 2.45) is 23.7 Å². The van der Waals surface area contributed by atoms with E-state index < -0.39 is 12.1 Å². The number of hydrogen-bond acceptors (Lipinski definition) is 3. The quantitative estimate of drug-likeness (QED) is 0.511. The molecule has 0 aromatic heterocycles. The van der Waals surface area contributed by atoms with Gasteiger partial charge in [0.25, 0.3) is 0 Å². The van der Waals surface area contributed by atoms with Crippen molar-refractivity contribution in [1.29, 1.82) is 0 Å². The van der Waals surface area contributed by atoms with E-state index in [4.69, 9.17) is 5.11 Å². The Balaban J connectivity index is 1.86. The van der Waals surface area contributed by atoms with Gasteiger partial charge >= 0.3 is 5.97 Å². The molecule has 0 aliphatic heterocycles. The van der Waals surface area contributed by atoms with Gasteiger partial charge in [-0.2, -0.15) is 0 Å². The highest BCUT2D eigenvalue weighted by Crippen LogP contribution is 2.47. The number of carbonyl (C=O) groups is 1. The Morgan fingerprint density at radius 3 is 2.88 bits per heavy atom. The van der Waals surface area contributed by atoms with Crippen LogP contribution in [0.2, 0.25) is 0 Å². The Kier molecular flexibility index (Phi) is 8.11. The summed E-state index contributed by atoms with van der Waals surface area (Å²) in [5.74, 6) is 0.608. The number of aliphatic hydroxyl groups excluding tert-OH is 2. The summed E-state index contributed by atoms with van der Waals surface area (Å²) in [5, 5.41) is 29.3. The van der Waals surface area contributed by atoms with Gasteiger partial charge < -0.3 is 15.3 Å². The maximum Gasteiger partial charge on any atom is 0.303 e. The van der Waals surface area contributed by atoms with Gasteiger partial charge in [0, 0.05) is 12.3 Å². The average molecular weight is 363 g/mol. The molecule has 0 aromatic carbocycles. The highest BCUT2D eigenvalue weighted by molar-refractivity contribution is 5.66. The van der Waals surface area contributed by atoms with Crippen molar-refractivity contribution in [3.63, 3.8) is 0 Å². The van der Waals surface area contributed by atoms with Crippen LogP contribution in [0, 0.1) is 23.7 Å². The third kappa shape index (κ3) is 6.10. The van der Waals surface area contributed by atoms with Gasteiger partial charge in [0.15, 0.2) is 0 Å². The minimum absolute atomic E-state index is 0.0947. The Hall–Kier alpha value is -1.39. The molecular formula is C22H34O4. The van der Waals surface area contributed by atoms with Crippen molar-refractivity contribution >= 4 is 5.97 Å². The average Bonchev–Trinajstić information content (AvgIpc) is 3.06. The minimum Gasteiger partial charge on any atom is -0.481 e. The van der Waals surface area contributed by atoms with E-state index >= 15 is 0 Å². The predicted molar refractivity (Wildman–Crippen MR) is 104 cm³/mol. The second kappa shape index (κ2) is 10.1. The van der Waals surface area contributed by atoms with Crippen molar-refractivity contribution in [3.05, 3.63) is 36.0 Å². The molecule has 0 radical (unpaired) electrons. The fraction of sp³-hybridized carbons (Fsp3) is 0.682. The fourth-order valence-corrected chi connectivity index (χ4v) is 4.47. The van der Waals surface area contributed by atoms with Crippen LogP contribution in [0.15, 0.2) is 36.0 Å². The zero-order valence-electron chi connectivity index (χ0n) is 16.1. The van der Waals surface area contributed by atoms with Crippen molar-refractivity contribution in [2.75, 3.05) is 0 Å². The lowest BCUT2D eigenvalue weighted by molar-refractivity contribution is -0.136. The molecule has 0 bridgehead atoms. The number of carboxylic acid groups (broad SMARTS) is 1. The van der Waals surface area contributed by atoms with Crippen LogP contribution in [-0.2, 0) is 4.79 Å². The number of allylic oxidation sites excluding steroid dienone is 4. The van der Waals surface area contributed by atoms with Gasteiger partial charge in [-0.3, -0.25) is 4.79 Å². The van der Waals surface area contributed by atoms with Gasteiger partial charge in [-0.05, 0) is 43.4 Å². The number of fused-ring (bicyclic) bond motifs is 1. The van der Waals surface area contributed by atoms with E-state index in [0.29, 0.717) is 24.2 Å². The van der Waals surface area contributed by atoms with Crippen LogP contribution in [0.5, 0.6) is 0 Å². The molecule has 146 valence electrons. The number of carboxylic acids is 1. The first kappa shape index (κ1) is 20.9. The van der Waals surface area contributed by atoms with Crippen molar-refractivity contribution in [3.8, 4) is 0 Å². The molecule has 0 aromatic rings. The molecule has 3 N–H and O–H groups in total. The largest absolute Gasteiger partial charge is 0.481 e. The number of aliphatic hydroxyl groups is 2. The Morgan fingerprint density at radius 1 is 1.42 bits per heavy atom. The Bertz CT molecular complexity index is 548. The SMILES string of the molecule is CCCC(C)C[C@H](O)C=C[C@H]1[C@H]2CC(C=CCCC(=O)O)=C[C@H]2C[C@H]1O. The van der Waals surface area contributed by atoms with Crippen LogP contribution >= 0.6 is 0 Å². The third-order valence-electron chi connectivity index (χ3n) is 5.74. The first-order valence-corrected chi connectivity index (χ1v) is 10.0. The monoisotopic (exact) mass is 362 g/mol. The van der Waals surface area contributed by atoms with Crippen molar-refractivity contribution in [2.45, 2.75) is 71.0 Å². The van der Waals surface area contributed by atoms with E-state index in [1.165, 1.54) is 5.57 Å². The Labute approximate surface area is 157 Å². The molecule has 2 aliphatic rings. The first-order valence-electron chi connectivity index (χ1n) is 10.0. The van der Waals surface area contributed by atoms with E-state index in [2.05, 4.69) is 19.9 Å². The lowest BCUT2D eigenvalue weighted by Crippen LogP contribution is -2.18. The molecule has 2 rings (SSSR count). The third-order valence-corrected chi connectivity index (χ3v) is 5.74. The molecule has 4 nitrogen and oxygen atoms in total. The second-order valence-electron chi connectivity index (χ2n) is 8.07. The number of hydrogen-bond donors (Lipinski definition) is 3. The van der Waals surface area contributed by atoms with Crippen LogP contribution in [0.25, 0.3) is 0 Å². The summed E-state index contributed by atoms with van der Waals surface area (Å²) in [6, 6.07) is 0. The molecule has 2 aliphatic carbocycles. The maximum absolute atomic E-state index is 10.6. The highest BCUT2D eigenvalue weighted by Gasteiger charge is 2.42. The molecule has 0 amide bonds. The normalized spacial score (nSPS) is 30.7. The van der Waals surface area contributed by atoms with Gasteiger partial charge in [0.05, 0.1) is 12.2 Å². The highest BCUT2D eigenvalue weighted by atomic mass is 16.4. The van der Waals surface area contributed by atoms with Crippen molar-refractivity contribution < 1.29 is 20.1 Å². The summed E-state index contributed by atoms with van der Waals surface area (Å²) < 4.78 is 0. The summed E-state index contributed by atoms with van der Waals surface area (Å²) >= 11 is 0. The maximum atomic E-state index is 10.6. The smallest absolute Gasteiger partial charge is 0.303 e. The van der Waals surface area contributed by atoms with E-state index in [1.807, 2.05) is 24.3 Å². The number of rotatable bonds is 10. The zero-order chi connectivity index (χ0) is 19.1. The minimum atomic E-state index is -0.771. The van der Waals surface area contributed by atoms with E-state index in [-0.39, 0.29) is 18.4 Å². The molecule has 0 saturated heterocycles. The van der Waals surface area contributed by atoms with Crippen molar-refractivity contribution in [1.82, 2.24) is 0 Å². The van der Waals surface area contributed by atoms with Crippen LogP contribution in [0.1, 0.15) is 58.8 Å². The fourth-order valence-electron chi connectivity index (χ4n) is 4.47. The van der Waals surface area contributed by atoms with Crippen LogP contribution < -0.4 is 0 Å². The summed E-state index contributed by atoms with van der Waals surface area (Å²) in [6.45, 7) is 4.33. The van der Waals surface area contributed by atoms with E-state index in [9.17, 15) is 15.0 Å². The lowest BCUT2D eigenvalue weighted by Gasteiger charge is -2.19. The summed E-state index contributed by atoms with van der Waals surface area (Å²) in [7, 11) is 0. The number of aliphatic carboxylic acids is 1. The van der Waals surface area contributed by atoms with Gasteiger partial charge in [0.1, 0.15) is 0 Å². The second-order valence-corrected chi connectivity index (χ2v) is 8.07. The molecule has 1 saturated carbocycles. The molecule has 0 heterocycles. The molecular weight excluding hydrogens is 328 g/mol. The Morgan fingerprint density at radius 2 is 2.19 bits per heavy atom. The summed E-state index contributed by atoms with van der Waals surface area (Å²) in [4.78, 5) is 10.6. The zero-order valence-corrected chi connectivity index (χ0v) is 16.1. The van der Waals surface area contributed by atoms with Crippen LogP contribution in [0.3, 0.4) is 0 Å². The van der Waals surface area contributed by atoms with Gasteiger partial charge in [0.2, 0.25) is 0 Å². The van der Waals surface area contributed by atoms with Crippen LogP contribution in [-0.4, -0.2) is 33.5 Å². The molecule has 6 atom stereocenters. The molecule has 4 heteroatoms. The lowest BCUT2D eigenvalue weighted by atomic mass is 9.88. The molecule has 1 unspecified atom stereocenters. The summed E-state index contributed by atoms with van der Waals surface area (Å²) in [6.07, 6.45) is 14.8. The van der Waals surface area contributed by atoms with E-state index in [1.54, 1.807) is 0 Å². The van der Waals surface area contributed by atoms with Gasteiger partial charge in [-0.15, -0.1) is 0 Å². The molecule has 26 heavy (non-hydrogen) atoms. The van der Waals surface area contributed by atoms with Gasteiger partial charge in [-0.25, -0.2) is 0 Å². The predicted octanol–water partition coefficient (Wildman–Crippen LogP) is 4.09. The van der Waals surface area contributed by atoms with Crippen LogP contribution in [0.4, 0.5) is 0 Å². The topological polar surface area (TPSA) is 77.8 Å². The standard InChI is InChI=1S/C22H34O4/c1-3-6-15(2)11-18(23)9-10-19-20-13-16(7-4-5-8-22(25)26)12-17(20)14-21(19)24/h4,7,9-10,12,15,17-21,23-24H,3,5-6,8,11,13-14H2,1-2H3,(H,25,26)/t15?,17-,18+,19-,20-,21+/m0/s1.